The number of aryl methyl sites for hydroxylation is 1. The van der Waals surface area contributed by atoms with E-state index in [4.69, 9.17) is 5.73 Å². The lowest BCUT2D eigenvalue weighted by atomic mass is 9.97. The molecule has 1 aliphatic rings. The number of aromatic nitrogens is 1. The van der Waals surface area contributed by atoms with Gasteiger partial charge in [-0.15, -0.1) is 24.2 Å². The highest BCUT2D eigenvalue weighted by Crippen LogP contribution is 2.32. The van der Waals surface area contributed by atoms with Gasteiger partial charge in [-0.25, -0.2) is 4.98 Å². The van der Waals surface area contributed by atoms with Crippen LogP contribution in [0.3, 0.4) is 0 Å². The fourth-order valence-corrected chi connectivity index (χ4v) is 3.88. The van der Waals surface area contributed by atoms with Gasteiger partial charge in [-0.3, -0.25) is 9.59 Å². The van der Waals surface area contributed by atoms with Crippen molar-refractivity contribution in [2.45, 2.75) is 24.0 Å². The van der Waals surface area contributed by atoms with Crippen LogP contribution in [0.4, 0.5) is 5.13 Å². The maximum absolute atomic E-state index is 12.1. The molecule has 0 unspecified atom stereocenters. The molecule has 2 heterocycles. The number of thiazole rings is 1. The number of halogens is 1. The van der Waals surface area contributed by atoms with Crippen molar-refractivity contribution in [2.24, 2.45) is 11.7 Å². The molecule has 21 heavy (non-hydrogen) atoms. The van der Waals surface area contributed by atoms with Crippen LogP contribution >= 0.6 is 35.5 Å². The fourth-order valence-electron chi connectivity index (χ4n) is 2.00. The fraction of sp³-hybridized carbons (Fsp3) is 0.583. The van der Waals surface area contributed by atoms with Gasteiger partial charge in [0.1, 0.15) is 0 Å². The number of nitrogens with zero attached hydrogens (tertiary/aromatic N) is 1. The number of nitrogens with two attached hydrogens (primary N) is 1. The molecule has 1 aromatic heterocycles. The monoisotopic (exact) mass is 350 g/mol. The zero-order valence-electron chi connectivity index (χ0n) is 11.7. The molecule has 0 radical (unpaired) electrons. The molecule has 0 aromatic carbocycles. The molecule has 0 saturated carbocycles. The molecular weight excluding hydrogens is 332 g/mol. The Hall–Kier alpha value is -0.830. The summed E-state index contributed by atoms with van der Waals surface area (Å²) in [6, 6.07) is 0. The molecule has 1 fully saturated rings. The largest absolute Gasteiger partial charge is 0.369 e. The third kappa shape index (κ3) is 5.46. The third-order valence-corrected chi connectivity index (χ3v) is 5.50. The van der Waals surface area contributed by atoms with E-state index < -0.39 is 0 Å². The predicted molar refractivity (Wildman–Crippen MR) is 88.2 cm³/mol. The summed E-state index contributed by atoms with van der Waals surface area (Å²) in [5, 5.41) is 6.70. The summed E-state index contributed by atoms with van der Waals surface area (Å²) in [4.78, 5) is 27.2. The van der Waals surface area contributed by atoms with Crippen molar-refractivity contribution in [3.05, 3.63) is 5.69 Å². The lowest BCUT2D eigenvalue weighted by Crippen LogP contribution is -2.34. The van der Waals surface area contributed by atoms with Crippen LogP contribution in [0, 0.1) is 12.8 Å². The highest BCUT2D eigenvalue weighted by molar-refractivity contribution is 8.01. The Kier molecular flexibility index (Phi) is 7.44. The molecule has 1 aromatic rings. The summed E-state index contributed by atoms with van der Waals surface area (Å²) in [6.45, 7) is 3.63. The summed E-state index contributed by atoms with van der Waals surface area (Å²) >= 11 is 2.75. The number of rotatable bonds is 5. The quantitative estimate of drug-likeness (QED) is 0.697. The van der Waals surface area contributed by atoms with Crippen molar-refractivity contribution < 1.29 is 9.59 Å². The van der Waals surface area contributed by atoms with E-state index in [0.717, 1.165) is 35.8 Å². The van der Waals surface area contributed by atoms with E-state index in [9.17, 15) is 9.59 Å². The van der Waals surface area contributed by atoms with Gasteiger partial charge >= 0.3 is 0 Å². The number of carbonyl (C=O) groups is 2. The SMILES string of the molecule is Cc1nc(NC(=O)C2CCNCC2)sc1SCC(N)=O.Cl. The summed E-state index contributed by atoms with van der Waals surface area (Å²) in [5.74, 6) is -0.0398. The molecule has 0 bridgehead atoms. The van der Waals surface area contributed by atoms with Gasteiger partial charge in [0.05, 0.1) is 15.7 Å². The molecular formula is C12H19ClN4O2S2. The van der Waals surface area contributed by atoms with Crippen LogP contribution in [0.2, 0.25) is 0 Å². The summed E-state index contributed by atoms with van der Waals surface area (Å²) in [5.41, 5.74) is 5.95. The van der Waals surface area contributed by atoms with E-state index in [-0.39, 0.29) is 35.9 Å². The molecule has 1 saturated heterocycles. The van der Waals surface area contributed by atoms with Crippen LogP contribution in [0.25, 0.3) is 0 Å². The lowest BCUT2D eigenvalue weighted by molar-refractivity contribution is -0.120. The molecule has 6 nitrogen and oxygen atoms in total. The molecule has 9 heteroatoms. The standard InChI is InChI=1S/C12H18N4O2S2.ClH/c1-7-11(19-6-9(13)17)20-12(15-7)16-10(18)8-2-4-14-5-3-8;/h8,14H,2-6H2,1H3,(H2,13,17)(H,15,16,18);1H. The Morgan fingerprint density at radius 1 is 1.48 bits per heavy atom. The topological polar surface area (TPSA) is 97.1 Å². The number of nitrogens with one attached hydrogen (secondary N) is 2. The first kappa shape index (κ1) is 18.2. The van der Waals surface area contributed by atoms with E-state index in [1.54, 1.807) is 0 Å². The van der Waals surface area contributed by atoms with Crippen LogP contribution < -0.4 is 16.4 Å². The summed E-state index contributed by atoms with van der Waals surface area (Å²) in [6.07, 6.45) is 1.72. The summed E-state index contributed by atoms with van der Waals surface area (Å²) < 4.78 is 0.921. The van der Waals surface area contributed by atoms with Crippen LogP contribution in [0.15, 0.2) is 4.21 Å². The number of amides is 2. The Balaban J connectivity index is 0.00000220. The zero-order valence-corrected chi connectivity index (χ0v) is 14.1. The Bertz CT molecular complexity index is 503. The molecule has 0 spiro atoms. The van der Waals surface area contributed by atoms with E-state index >= 15 is 0 Å². The first-order valence-corrected chi connectivity index (χ1v) is 8.26. The van der Waals surface area contributed by atoms with Crippen LogP contribution in [-0.4, -0.2) is 35.6 Å². The van der Waals surface area contributed by atoms with Crippen LogP contribution in [0.1, 0.15) is 18.5 Å². The molecule has 1 aliphatic heterocycles. The molecule has 0 aliphatic carbocycles. The molecule has 0 atom stereocenters. The number of carbonyl (C=O) groups excluding carboxylic acids is 2. The van der Waals surface area contributed by atoms with Gasteiger partial charge < -0.3 is 16.4 Å². The number of piperidine rings is 1. The van der Waals surface area contributed by atoms with Gasteiger partial charge in [0.15, 0.2) is 5.13 Å². The molecule has 2 amide bonds. The number of anilines is 1. The number of primary amides is 1. The first-order valence-electron chi connectivity index (χ1n) is 6.46. The second-order valence-electron chi connectivity index (χ2n) is 4.66. The van der Waals surface area contributed by atoms with Gasteiger partial charge in [-0.1, -0.05) is 11.3 Å². The first-order chi connectivity index (χ1) is 9.56. The minimum Gasteiger partial charge on any atom is -0.369 e. The Morgan fingerprint density at radius 3 is 2.76 bits per heavy atom. The maximum Gasteiger partial charge on any atom is 0.229 e. The van der Waals surface area contributed by atoms with Crippen molar-refractivity contribution >= 4 is 52.5 Å². The average Bonchev–Trinajstić information content (AvgIpc) is 2.77. The van der Waals surface area contributed by atoms with E-state index in [0.29, 0.717) is 5.13 Å². The van der Waals surface area contributed by atoms with Gasteiger partial charge in [-0.2, -0.15) is 0 Å². The number of hydrogen-bond acceptors (Lipinski definition) is 6. The Labute approximate surface area is 138 Å². The van der Waals surface area contributed by atoms with Crippen LogP contribution in [-0.2, 0) is 9.59 Å². The van der Waals surface area contributed by atoms with Gasteiger partial charge in [0, 0.05) is 5.92 Å². The zero-order chi connectivity index (χ0) is 14.5. The van der Waals surface area contributed by atoms with Gasteiger partial charge in [0.2, 0.25) is 11.8 Å². The van der Waals surface area contributed by atoms with Crippen molar-refractivity contribution in [3.63, 3.8) is 0 Å². The smallest absolute Gasteiger partial charge is 0.229 e. The second kappa shape index (κ2) is 8.57. The van der Waals surface area contributed by atoms with E-state index in [2.05, 4.69) is 15.6 Å². The van der Waals surface area contributed by atoms with Crippen molar-refractivity contribution in [1.82, 2.24) is 10.3 Å². The third-order valence-electron chi connectivity index (χ3n) is 3.04. The van der Waals surface area contributed by atoms with Crippen LogP contribution in [0.5, 0.6) is 0 Å². The molecule has 118 valence electrons. The minimum absolute atomic E-state index is 0. The van der Waals surface area contributed by atoms with E-state index in [1.807, 2.05) is 6.92 Å². The van der Waals surface area contributed by atoms with Crippen molar-refractivity contribution in [1.29, 1.82) is 0 Å². The van der Waals surface area contributed by atoms with E-state index in [1.165, 1.54) is 23.1 Å². The highest BCUT2D eigenvalue weighted by Gasteiger charge is 2.22. The maximum atomic E-state index is 12.1. The second-order valence-corrected chi connectivity index (χ2v) is 6.90. The van der Waals surface area contributed by atoms with Crippen molar-refractivity contribution in [3.8, 4) is 0 Å². The number of hydrogen-bond donors (Lipinski definition) is 3. The molecule has 4 N–H and O–H groups in total. The molecule has 2 rings (SSSR count). The highest BCUT2D eigenvalue weighted by atomic mass is 35.5. The minimum atomic E-state index is -0.358. The Morgan fingerprint density at radius 2 is 2.14 bits per heavy atom. The normalized spacial score (nSPS) is 15.3. The lowest BCUT2D eigenvalue weighted by Gasteiger charge is -2.20. The predicted octanol–water partition coefficient (Wildman–Crippen LogP) is 1.39. The van der Waals surface area contributed by atoms with Crippen molar-refractivity contribution in [2.75, 3.05) is 24.2 Å². The average molecular weight is 351 g/mol. The number of thioether (sulfide) groups is 1. The summed E-state index contributed by atoms with van der Waals surface area (Å²) in [7, 11) is 0. The van der Waals surface area contributed by atoms with Gasteiger partial charge in [0.25, 0.3) is 0 Å². The van der Waals surface area contributed by atoms with Gasteiger partial charge in [-0.05, 0) is 32.9 Å².